The van der Waals surface area contributed by atoms with Crippen molar-refractivity contribution in [2.75, 3.05) is 0 Å². The van der Waals surface area contributed by atoms with Crippen LogP contribution in [-0.2, 0) is 11.4 Å². The standard InChI is InChI=1S/C40H30N2O6/c43-35-25-32(27-46-42-39(44)33-23-13-14-24-34(33)40(42)45)41(48-38(30-19-9-3-10-20-30)31-21-11-4-12-22-31)26-36(35)47-37(28-15-5-1-6-16-28)29-17-7-2-8-18-29/h1-26,37-38H,27H2. The van der Waals surface area contributed by atoms with Gasteiger partial charge in [-0.25, -0.2) is 0 Å². The number of pyridine rings is 1. The molecule has 0 atom stereocenters. The number of hydrogen-bond acceptors (Lipinski definition) is 6. The number of rotatable bonds is 11. The largest absolute Gasteiger partial charge is 0.475 e. The Morgan fingerprint density at radius 1 is 0.521 bits per heavy atom. The molecule has 0 N–H and O–H groups in total. The van der Waals surface area contributed by atoms with Gasteiger partial charge in [-0.3, -0.25) is 19.2 Å². The zero-order chi connectivity index (χ0) is 32.9. The van der Waals surface area contributed by atoms with Gasteiger partial charge in [0.25, 0.3) is 11.8 Å². The Bertz CT molecular complexity index is 1990. The average Bonchev–Trinajstić information content (AvgIpc) is 3.39. The summed E-state index contributed by atoms with van der Waals surface area (Å²) in [6.45, 7) is -0.321. The van der Waals surface area contributed by atoms with E-state index in [2.05, 4.69) is 0 Å². The fourth-order valence-corrected chi connectivity index (χ4v) is 5.64. The van der Waals surface area contributed by atoms with Gasteiger partial charge in [0.2, 0.25) is 5.43 Å². The van der Waals surface area contributed by atoms with Crippen LogP contribution in [0, 0.1) is 0 Å². The molecule has 7 rings (SSSR count). The average molecular weight is 635 g/mol. The molecule has 0 saturated carbocycles. The summed E-state index contributed by atoms with van der Waals surface area (Å²) in [5, 5.41) is 0.719. The fourth-order valence-electron chi connectivity index (χ4n) is 5.64. The van der Waals surface area contributed by atoms with Crippen molar-refractivity contribution in [3.63, 3.8) is 0 Å². The third-order valence-corrected chi connectivity index (χ3v) is 8.03. The lowest BCUT2D eigenvalue weighted by atomic mass is 10.0. The maximum absolute atomic E-state index is 13.7. The number of ether oxygens (including phenoxy) is 1. The third-order valence-electron chi connectivity index (χ3n) is 8.03. The molecular weight excluding hydrogens is 604 g/mol. The summed E-state index contributed by atoms with van der Waals surface area (Å²) in [5.74, 6) is -1.12. The van der Waals surface area contributed by atoms with Gasteiger partial charge in [0.05, 0.1) is 23.0 Å². The summed E-state index contributed by atoms with van der Waals surface area (Å²) in [6, 6.07) is 46.5. The third kappa shape index (κ3) is 6.25. The summed E-state index contributed by atoms with van der Waals surface area (Å²) in [6.07, 6.45) is 0.300. The lowest BCUT2D eigenvalue weighted by molar-refractivity contribution is -0.106. The summed E-state index contributed by atoms with van der Waals surface area (Å²) in [4.78, 5) is 52.3. The molecule has 0 radical (unpaired) electrons. The topological polar surface area (TPSA) is 87.1 Å². The molecule has 6 aromatic rings. The van der Waals surface area contributed by atoms with Gasteiger partial charge in [-0.1, -0.05) is 133 Å². The van der Waals surface area contributed by atoms with E-state index in [0.717, 1.165) is 27.3 Å². The van der Waals surface area contributed by atoms with Gasteiger partial charge in [-0.15, -0.1) is 5.06 Å². The second-order valence-corrected chi connectivity index (χ2v) is 11.2. The van der Waals surface area contributed by atoms with Crippen LogP contribution in [0.3, 0.4) is 0 Å². The number of imide groups is 1. The molecule has 8 nitrogen and oxygen atoms in total. The van der Waals surface area contributed by atoms with Crippen molar-refractivity contribution in [1.29, 1.82) is 0 Å². The highest BCUT2D eigenvalue weighted by Gasteiger charge is 2.37. The van der Waals surface area contributed by atoms with Crippen LogP contribution in [0.2, 0.25) is 0 Å². The first-order valence-electron chi connectivity index (χ1n) is 15.5. The second-order valence-electron chi connectivity index (χ2n) is 11.2. The number of carbonyl (C=O) groups is 2. The predicted octanol–water partition coefficient (Wildman–Crippen LogP) is 6.96. The van der Waals surface area contributed by atoms with E-state index < -0.39 is 29.5 Å². The molecule has 5 aromatic carbocycles. The highest BCUT2D eigenvalue weighted by Crippen LogP contribution is 2.29. The van der Waals surface area contributed by atoms with E-state index >= 15 is 0 Å². The van der Waals surface area contributed by atoms with Crippen molar-refractivity contribution < 1.29 is 24.0 Å². The minimum Gasteiger partial charge on any atom is -0.475 e. The Hall–Kier alpha value is -6.25. The molecule has 236 valence electrons. The van der Waals surface area contributed by atoms with Crippen LogP contribution in [0.1, 0.15) is 60.9 Å². The smallest absolute Gasteiger partial charge is 0.285 e. The van der Waals surface area contributed by atoms with Crippen molar-refractivity contribution in [3.05, 3.63) is 207 Å². The summed E-state index contributed by atoms with van der Waals surface area (Å²) < 4.78 is 7.91. The Kier molecular flexibility index (Phi) is 8.63. The minimum atomic E-state index is -0.597. The van der Waals surface area contributed by atoms with E-state index in [0.29, 0.717) is 0 Å². The second kappa shape index (κ2) is 13.6. The van der Waals surface area contributed by atoms with Crippen molar-refractivity contribution in [2.45, 2.75) is 18.8 Å². The van der Waals surface area contributed by atoms with E-state index in [1.54, 1.807) is 24.3 Å². The quantitative estimate of drug-likeness (QED) is 0.143. The van der Waals surface area contributed by atoms with Crippen molar-refractivity contribution in [2.24, 2.45) is 0 Å². The number of hydroxylamine groups is 2. The maximum Gasteiger partial charge on any atom is 0.285 e. The number of aromatic nitrogens is 1. The Labute approximate surface area is 276 Å². The molecule has 0 spiro atoms. The predicted molar refractivity (Wildman–Crippen MR) is 179 cm³/mol. The highest BCUT2D eigenvalue weighted by molar-refractivity contribution is 6.20. The van der Waals surface area contributed by atoms with Crippen LogP contribution in [0.25, 0.3) is 0 Å². The normalized spacial score (nSPS) is 12.4. The lowest BCUT2D eigenvalue weighted by Gasteiger charge is -2.25. The molecule has 1 aliphatic heterocycles. The molecule has 2 amide bonds. The number of hydrogen-bond donors (Lipinski definition) is 0. The van der Waals surface area contributed by atoms with E-state index in [4.69, 9.17) is 14.4 Å². The zero-order valence-electron chi connectivity index (χ0n) is 25.7. The van der Waals surface area contributed by atoms with Crippen LogP contribution in [0.15, 0.2) is 163 Å². The van der Waals surface area contributed by atoms with Crippen LogP contribution >= 0.6 is 0 Å². The van der Waals surface area contributed by atoms with Crippen LogP contribution < -0.4 is 15.0 Å². The van der Waals surface area contributed by atoms with E-state index in [1.807, 2.05) is 121 Å². The molecule has 2 heterocycles. The molecule has 0 fully saturated rings. The summed E-state index contributed by atoms with van der Waals surface area (Å²) in [5.41, 5.74) is 3.79. The number of benzene rings is 5. The Morgan fingerprint density at radius 3 is 1.40 bits per heavy atom. The van der Waals surface area contributed by atoms with Crippen molar-refractivity contribution in [3.8, 4) is 5.75 Å². The minimum absolute atomic E-state index is 0.0389. The molecule has 0 saturated heterocycles. The molecule has 48 heavy (non-hydrogen) atoms. The first-order valence-corrected chi connectivity index (χ1v) is 15.5. The fraction of sp³-hybridized carbons (Fsp3) is 0.0750. The van der Waals surface area contributed by atoms with E-state index in [-0.39, 0.29) is 29.2 Å². The SMILES string of the molecule is O=C1c2ccccc2C(=O)N1OCc1cc(=O)c(OC(c2ccccc2)c2ccccc2)cn1OC(c1ccccc1)c1ccccc1. The van der Waals surface area contributed by atoms with Gasteiger partial charge >= 0.3 is 0 Å². The number of amides is 2. The molecule has 1 aromatic heterocycles. The van der Waals surface area contributed by atoms with Gasteiger partial charge in [-0.05, 0) is 34.4 Å². The molecule has 0 bridgehead atoms. The van der Waals surface area contributed by atoms with E-state index in [9.17, 15) is 14.4 Å². The first-order chi connectivity index (χ1) is 23.6. The summed E-state index contributed by atoms with van der Waals surface area (Å²) in [7, 11) is 0. The molecule has 1 aliphatic rings. The summed E-state index contributed by atoms with van der Waals surface area (Å²) >= 11 is 0. The van der Waals surface area contributed by atoms with E-state index in [1.165, 1.54) is 17.0 Å². The molecule has 0 unspecified atom stereocenters. The molecule has 8 heteroatoms. The van der Waals surface area contributed by atoms with Crippen molar-refractivity contribution >= 4 is 11.8 Å². The monoisotopic (exact) mass is 634 g/mol. The van der Waals surface area contributed by atoms with Gasteiger partial charge in [-0.2, -0.15) is 4.73 Å². The van der Waals surface area contributed by atoms with Gasteiger partial charge < -0.3 is 9.57 Å². The first kappa shape index (κ1) is 30.4. The number of nitrogens with zero attached hydrogens (tertiary/aromatic N) is 2. The lowest BCUT2D eigenvalue weighted by Crippen LogP contribution is -2.32. The Balaban J connectivity index is 1.28. The van der Waals surface area contributed by atoms with Crippen LogP contribution in [0.5, 0.6) is 5.75 Å². The van der Waals surface area contributed by atoms with Crippen LogP contribution in [0.4, 0.5) is 0 Å². The van der Waals surface area contributed by atoms with Crippen LogP contribution in [-0.4, -0.2) is 21.6 Å². The van der Waals surface area contributed by atoms with Crippen molar-refractivity contribution in [1.82, 2.24) is 9.79 Å². The molecular formula is C40H30N2O6. The van der Waals surface area contributed by atoms with Gasteiger partial charge in [0, 0.05) is 6.07 Å². The number of fused-ring (bicyclic) bond motifs is 1. The Morgan fingerprint density at radius 2 is 0.938 bits per heavy atom. The molecule has 0 aliphatic carbocycles. The van der Waals surface area contributed by atoms with Gasteiger partial charge in [0.15, 0.2) is 11.9 Å². The van der Waals surface area contributed by atoms with Gasteiger partial charge in [0.1, 0.15) is 12.7 Å². The highest BCUT2D eigenvalue weighted by atomic mass is 16.7. The number of carbonyl (C=O) groups excluding carboxylic acids is 2. The maximum atomic E-state index is 13.7. The zero-order valence-corrected chi connectivity index (χ0v) is 25.7.